The van der Waals surface area contributed by atoms with Gasteiger partial charge in [-0.05, 0) is 35.9 Å². The summed E-state index contributed by atoms with van der Waals surface area (Å²) >= 11 is 17.6. The number of aliphatic hydroxyl groups excluding tert-OH is 1. The molecule has 2 rings (SSSR count). The fourth-order valence-electron chi connectivity index (χ4n) is 1.59. The molecule has 18 heavy (non-hydrogen) atoms. The second-order valence-corrected chi connectivity index (χ2v) is 4.96. The van der Waals surface area contributed by atoms with Gasteiger partial charge >= 0.3 is 0 Å². The normalized spacial score (nSPS) is 12.5. The Labute approximate surface area is 119 Å². The van der Waals surface area contributed by atoms with Crippen molar-refractivity contribution in [2.24, 2.45) is 0 Å². The van der Waals surface area contributed by atoms with E-state index in [1.54, 1.807) is 12.1 Å². The van der Waals surface area contributed by atoms with Gasteiger partial charge in [-0.3, -0.25) is 0 Å². The Bertz CT molecular complexity index is 586. The SMILES string of the molecule is OC(c1ccc(Cl)c(Cl)c1)c1cc(F)ccc1Cl. The minimum Gasteiger partial charge on any atom is -0.384 e. The third kappa shape index (κ3) is 2.78. The van der Waals surface area contributed by atoms with Crippen LogP contribution in [0.2, 0.25) is 15.1 Å². The highest BCUT2D eigenvalue weighted by Crippen LogP contribution is 2.32. The zero-order valence-corrected chi connectivity index (χ0v) is 11.3. The van der Waals surface area contributed by atoms with Gasteiger partial charge in [-0.25, -0.2) is 4.39 Å². The Morgan fingerprint density at radius 3 is 2.22 bits per heavy atom. The van der Waals surface area contributed by atoms with Crippen LogP contribution in [-0.2, 0) is 0 Å². The van der Waals surface area contributed by atoms with Gasteiger partial charge in [0.1, 0.15) is 11.9 Å². The summed E-state index contributed by atoms with van der Waals surface area (Å²) in [4.78, 5) is 0. The highest BCUT2D eigenvalue weighted by atomic mass is 35.5. The predicted octanol–water partition coefficient (Wildman–Crippen LogP) is 4.87. The molecular formula is C13H8Cl3FO. The van der Waals surface area contributed by atoms with Gasteiger partial charge in [0.15, 0.2) is 0 Å². The van der Waals surface area contributed by atoms with Crippen LogP contribution in [0.1, 0.15) is 17.2 Å². The molecule has 0 aliphatic heterocycles. The molecule has 0 heterocycles. The van der Waals surface area contributed by atoms with E-state index in [0.29, 0.717) is 15.6 Å². The molecule has 0 aliphatic rings. The van der Waals surface area contributed by atoms with E-state index in [9.17, 15) is 9.50 Å². The van der Waals surface area contributed by atoms with Crippen molar-refractivity contribution >= 4 is 34.8 Å². The Morgan fingerprint density at radius 1 is 0.889 bits per heavy atom. The molecule has 2 aromatic rings. The lowest BCUT2D eigenvalue weighted by molar-refractivity contribution is 0.220. The molecule has 0 saturated heterocycles. The molecule has 5 heteroatoms. The van der Waals surface area contributed by atoms with Gasteiger partial charge in [-0.2, -0.15) is 0 Å². The van der Waals surface area contributed by atoms with Crippen LogP contribution < -0.4 is 0 Å². The lowest BCUT2D eigenvalue weighted by Crippen LogP contribution is -2.01. The second-order valence-electron chi connectivity index (χ2n) is 3.74. The largest absolute Gasteiger partial charge is 0.384 e. The Hall–Kier alpha value is -0.800. The molecule has 94 valence electrons. The molecule has 0 saturated carbocycles. The number of aliphatic hydroxyl groups is 1. The summed E-state index contributed by atoms with van der Waals surface area (Å²) in [5.74, 6) is -0.464. The van der Waals surface area contributed by atoms with E-state index >= 15 is 0 Å². The lowest BCUT2D eigenvalue weighted by Gasteiger charge is -2.14. The summed E-state index contributed by atoms with van der Waals surface area (Å²) in [6.45, 7) is 0. The summed E-state index contributed by atoms with van der Waals surface area (Å²) in [5, 5.41) is 11.2. The van der Waals surface area contributed by atoms with E-state index in [0.717, 1.165) is 0 Å². The van der Waals surface area contributed by atoms with Crippen molar-refractivity contribution in [3.63, 3.8) is 0 Å². The molecule has 0 aromatic heterocycles. The number of benzene rings is 2. The minimum absolute atomic E-state index is 0.287. The average molecular weight is 306 g/mol. The third-order valence-electron chi connectivity index (χ3n) is 2.51. The van der Waals surface area contributed by atoms with Crippen LogP contribution in [0.15, 0.2) is 36.4 Å². The molecule has 1 N–H and O–H groups in total. The van der Waals surface area contributed by atoms with Crippen molar-refractivity contribution in [2.45, 2.75) is 6.10 Å². The number of rotatable bonds is 2. The van der Waals surface area contributed by atoms with Gasteiger partial charge in [-0.15, -0.1) is 0 Å². The van der Waals surface area contributed by atoms with E-state index in [4.69, 9.17) is 34.8 Å². The molecule has 1 nitrogen and oxygen atoms in total. The minimum atomic E-state index is -1.05. The molecule has 0 aliphatic carbocycles. The summed E-state index contributed by atoms with van der Waals surface area (Å²) in [5.41, 5.74) is 0.784. The molecule has 0 spiro atoms. The molecule has 0 fully saturated rings. The first kappa shape index (κ1) is 13.6. The second kappa shape index (κ2) is 5.45. The van der Waals surface area contributed by atoms with Gasteiger partial charge in [0.25, 0.3) is 0 Å². The van der Waals surface area contributed by atoms with Gasteiger partial charge < -0.3 is 5.11 Å². The molecule has 2 aromatic carbocycles. The third-order valence-corrected chi connectivity index (χ3v) is 3.60. The van der Waals surface area contributed by atoms with E-state index in [2.05, 4.69) is 0 Å². The maximum Gasteiger partial charge on any atom is 0.123 e. The highest BCUT2D eigenvalue weighted by molar-refractivity contribution is 6.42. The summed E-state index contributed by atoms with van der Waals surface area (Å²) < 4.78 is 13.1. The van der Waals surface area contributed by atoms with Crippen LogP contribution >= 0.6 is 34.8 Å². The molecular weight excluding hydrogens is 297 g/mol. The zero-order valence-electron chi connectivity index (χ0n) is 9.00. The van der Waals surface area contributed by atoms with Crippen molar-refractivity contribution in [1.29, 1.82) is 0 Å². The van der Waals surface area contributed by atoms with Crippen LogP contribution in [0.5, 0.6) is 0 Å². The fraction of sp³-hybridized carbons (Fsp3) is 0.0769. The zero-order chi connectivity index (χ0) is 13.3. The van der Waals surface area contributed by atoms with Crippen LogP contribution in [0.3, 0.4) is 0 Å². The highest BCUT2D eigenvalue weighted by Gasteiger charge is 2.15. The van der Waals surface area contributed by atoms with E-state index in [1.807, 2.05) is 0 Å². The topological polar surface area (TPSA) is 20.2 Å². The van der Waals surface area contributed by atoms with Crippen LogP contribution in [-0.4, -0.2) is 5.11 Å². The molecule has 0 radical (unpaired) electrons. The van der Waals surface area contributed by atoms with Crippen molar-refractivity contribution < 1.29 is 9.50 Å². The van der Waals surface area contributed by atoms with E-state index < -0.39 is 11.9 Å². The van der Waals surface area contributed by atoms with Crippen molar-refractivity contribution in [1.82, 2.24) is 0 Å². The smallest absolute Gasteiger partial charge is 0.123 e. The molecule has 1 atom stereocenters. The maximum atomic E-state index is 13.1. The first-order chi connectivity index (χ1) is 8.49. The predicted molar refractivity (Wildman–Crippen MR) is 71.9 cm³/mol. The monoisotopic (exact) mass is 304 g/mol. The Kier molecular flexibility index (Phi) is 4.13. The lowest BCUT2D eigenvalue weighted by atomic mass is 10.0. The fourth-order valence-corrected chi connectivity index (χ4v) is 2.11. The van der Waals surface area contributed by atoms with Gasteiger partial charge in [0.05, 0.1) is 10.0 Å². The molecule has 1 unspecified atom stereocenters. The molecule has 0 amide bonds. The first-order valence-corrected chi connectivity index (χ1v) is 6.20. The van der Waals surface area contributed by atoms with Gasteiger partial charge in [0.2, 0.25) is 0 Å². The van der Waals surface area contributed by atoms with Crippen LogP contribution in [0, 0.1) is 5.82 Å². The maximum absolute atomic E-state index is 13.1. The quantitative estimate of drug-likeness (QED) is 0.839. The van der Waals surface area contributed by atoms with Crippen LogP contribution in [0.4, 0.5) is 4.39 Å². The van der Waals surface area contributed by atoms with Crippen molar-refractivity contribution in [2.75, 3.05) is 0 Å². The first-order valence-electron chi connectivity index (χ1n) is 5.07. The van der Waals surface area contributed by atoms with E-state index in [-0.39, 0.29) is 10.6 Å². The van der Waals surface area contributed by atoms with E-state index in [1.165, 1.54) is 24.3 Å². The van der Waals surface area contributed by atoms with Crippen molar-refractivity contribution in [3.8, 4) is 0 Å². The molecule has 0 bridgehead atoms. The Balaban J connectivity index is 2.44. The summed E-state index contributed by atoms with van der Waals surface area (Å²) in [7, 11) is 0. The van der Waals surface area contributed by atoms with Gasteiger partial charge in [-0.1, -0.05) is 40.9 Å². The van der Waals surface area contributed by atoms with Crippen LogP contribution in [0.25, 0.3) is 0 Å². The number of hydrogen-bond donors (Lipinski definition) is 1. The standard InChI is InChI=1S/C13H8Cl3FO/c14-10-4-2-8(17)6-9(10)13(18)7-1-3-11(15)12(16)5-7/h1-6,13,18H. The summed E-state index contributed by atoms with van der Waals surface area (Å²) in [6.07, 6.45) is -1.05. The number of hydrogen-bond acceptors (Lipinski definition) is 1. The summed E-state index contributed by atoms with van der Waals surface area (Å²) in [6, 6.07) is 8.52. The number of halogens is 4. The van der Waals surface area contributed by atoms with Gasteiger partial charge in [0, 0.05) is 10.6 Å². The Morgan fingerprint density at radius 2 is 1.56 bits per heavy atom. The van der Waals surface area contributed by atoms with Crippen molar-refractivity contribution in [3.05, 3.63) is 68.4 Å². The average Bonchev–Trinajstić information content (AvgIpc) is 2.35.